The zero-order valence-corrected chi connectivity index (χ0v) is 23.4. The summed E-state index contributed by atoms with van der Waals surface area (Å²) >= 11 is 0. The van der Waals surface area contributed by atoms with E-state index in [0.717, 1.165) is 6.92 Å². The van der Waals surface area contributed by atoms with Crippen LogP contribution in [0.2, 0.25) is 0 Å². The van der Waals surface area contributed by atoms with Crippen LogP contribution >= 0.6 is 0 Å². The molecular formula is C17H26N6O22. The average molecular weight is 666 g/mol. The number of hydrogen-bond donors (Lipinski definition) is 0. The molecule has 28 heteroatoms. The van der Waals surface area contributed by atoms with E-state index in [1.807, 2.05) is 0 Å². The van der Waals surface area contributed by atoms with E-state index < -0.39 is 111 Å². The van der Waals surface area contributed by atoms with E-state index in [2.05, 4.69) is 29.0 Å². The molecule has 0 radical (unpaired) electrons. The monoisotopic (exact) mass is 666 g/mol. The van der Waals surface area contributed by atoms with Gasteiger partial charge in [0.15, 0.2) is 30.7 Å². The fraction of sp³-hybridized carbons (Fsp3) is 1.00. The van der Waals surface area contributed by atoms with Gasteiger partial charge in [-0.25, -0.2) is 0 Å². The molecule has 0 aromatic carbocycles. The molecule has 10 atom stereocenters. The van der Waals surface area contributed by atoms with Gasteiger partial charge in [0.2, 0.25) is 0 Å². The van der Waals surface area contributed by atoms with Crippen molar-refractivity contribution in [3.63, 3.8) is 0 Å². The van der Waals surface area contributed by atoms with Crippen LogP contribution in [0.1, 0.15) is 27.7 Å². The van der Waals surface area contributed by atoms with Gasteiger partial charge in [0, 0.05) is 0 Å². The first kappa shape index (κ1) is 36.2. The van der Waals surface area contributed by atoms with Gasteiger partial charge in [-0.2, -0.15) is 0 Å². The molecule has 0 saturated carbocycles. The van der Waals surface area contributed by atoms with Gasteiger partial charge in [-0.15, -0.1) is 60.7 Å². The molecule has 8 unspecified atom stereocenters. The van der Waals surface area contributed by atoms with Crippen LogP contribution in [0.4, 0.5) is 0 Å². The van der Waals surface area contributed by atoms with E-state index in [9.17, 15) is 60.7 Å². The van der Waals surface area contributed by atoms with Crippen molar-refractivity contribution in [3.05, 3.63) is 60.7 Å². The Labute approximate surface area is 247 Å². The Balaban J connectivity index is 2.68. The van der Waals surface area contributed by atoms with Gasteiger partial charge in [-0.05, 0) is 27.7 Å². The van der Waals surface area contributed by atoms with E-state index in [1.54, 1.807) is 0 Å². The third-order valence-corrected chi connectivity index (χ3v) is 5.76. The molecule has 2 rings (SSSR count). The molecule has 0 aromatic heterocycles. The molecule has 0 bridgehead atoms. The fourth-order valence-corrected chi connectivity index (χ4v) is 4.39. The van der Waals surface area contributed by atoms with Crippen LogP contribution in [0, 0.1) is 60.7 Å². The fourth-order valence-electron chi connectivity index (χ4n) is 4.39. The van der Waals surface area contributed by atoms with Crippen molar-refractivity contribution in [2.24, 2.45) is 0 Å². The summed E-state index contributed by atoms with van der Waals surface area (Å²) in [7, 11) is 0. The molecule has 2 heterocycles. The van der Waals surface area contributed by atoms with E-state index in [0.29, 0.717) is 0 Å². The molecule has 2 saturated heterocycles. The Kier molecular flexibility index (Phi) is 12.2. The van der Waals surface area contributed by atoms with Crippen molar-refractivity contribution in [2.75, 3.05) is 13.2 Å². The molecule has 45 heavy (non-hydrogen) atoms. The maximum atomic E-state index is 11.5. The minimum Gasteiger partial charge on any atom is -0.368 e. The van der Waals surface area contributed by atoms with Gasteiger partial charge in [0.1, 0.15) is 37.6 Å². The Morgan fingerprint density at radius 3 is 1.38 bits per heavy atom. The molecule has 256 valence electrons. The summed E-state index contributed by atoms with van der Waals surface area (Å²) < 4.78 is 22.3. The van der Waals surface area contributed by atoms with Gasteiger partial charge in [-0.3, -0.25) is 0 Å². The first-order valence-electron chi connectivity index (χ1n) is 12.2. The van der Waals surface area contributed by atoms with Crippen LogP contribution in [-0.4, -0.2) is 111 Å². The third-order valence-electron chi connectivity index (χ3n) is 5.76. The second-order valence-corrected chi connectivity index (χ2v) is 9.93. The Hall–Kier alpha value is -4.96. The van der Waals surface area contributed by atoms with Gasteiger partial charge in [0.05, 0.1) is 11.7 Å². The van der Waals surface area contributed by atoms with Crippen LogP contribution in [0.25, 0.3) is 0 Å². The second-order valence-electron chi connectivity index (χ2n) is 9.93. The predicted octanol–water partition coefficient (Wildman–Crippen LogP) is -1.21. The highest BCUT2D eigenvalue weighted by atomic mass is 17.0. The van der Waals surface area contributed by atoms with Crippen molar-refractivity contribution in [1.29, 1.82) is 0 Å². The first-order chi connectivity index (χ1) is 20.8. The van der Waals surface area contributed by atoms with Crippen LogP contribution in [0.3, 0.4) is 0 Å². The first-order valence-corrected chi connectivity index (χ1v) is 12.2. The van der Waals surface area contributed by atoms with Gasteiger partial charge in [-0.1, -0.05) is 0 Å². The van der Waals surface area contributed by atoms with Crippen LogP contribution < -0.4 is 0 Å². The van der Waals surface area contributed by atoms with Gasteiger partial charge < -0.3 is 48.0 Å². The summed E-state index contributed by atoms with van der Waals surface area (Å²) in [5, 5.41) is 58.9. The standard InChI is InChI=1S/C17H26N6O22/c1-7-10(42-20(28)29)13(43-21(30)31)11(8(38-7)5-36-18(24)25)40-16-15(45-23(34)35)14(44-22(32)33)12(41-17(2,3)4)9(39-16)6-37-19(26)27/h7-16H,5-6H2,1-4H3/t7-,8-,9?,10?,11?,12?,13?,14?,15?,16?/m0/s1. The van der Waals surface area contributed by atoms with Crippen molar-refractivity contribution in [1.82, 2.24) is 0 Å². The summed E-state index contributed by atoms with van der Waals surface area (Å²) in [5.74, 6) is 0. The lowest BCUT2D eigenvalue weighted by atomic mass is 9.94. The Morgan fingerprint density at radius 1 is 0.556 bits per heavy atom. The zero-order chi connectivity index (χ0) is 34.2. The number of rotatable bonds is 17. The normalized spacial score (nSPS) is 31.5. The molecule has 0 N–H and O–H groups in total. The summed E-state index contributed by atoms with van der Waals surface area (Å²) in [6, 6.07) is 0. The van der Waals surface area contributed by atoms with E-state index >= 15 is 0 Å². The van der Waals surface area contributed by atoms with Gasteiger partial charge >= 0.3 is 0 Å². The summed E-state index contributed by atoms with van der Waals surface area (Å²) in [6.45, 7) is 3.17. The van der Waals surface area contributed by atoms with Crippen molar-refractivity contribution >= 4 is 0 Å². The predicted molar refractivity (Wildman–Crippen MR) is 126 cm³/mol. The van der Waals surface area contributed by atoms with E-state index in [1.165, 1.54) is 20.8 Å². The minimum atomic E-state index is -2.38. The van der Waals surface area contributed by atoms with Crippen LogP contribution in [0.15, 0.2) is 0 Å². The number of ether oxygens (including phenoxy) is 4. The molecule has 28 nitrogen and oxygen atoms in total. The van der Waals surface area contributed by atoms with E-state index in [-0.39, 0.29) is 0 Å². The Bertz CT molecular complexity index is 1100. The second kappa shape index (κ2) is 15.2. The smallest absolute Gasteiger partial charge is 0.295 e. The van der Waals surface area contributed by atoms with Crippen LogP contribution in [-0.2, 0) is 48.0 Å². The molecule has 0 spiro atoms. The van der Waals surface area contributed by atoms with Crippen molar-refractivity contribution in [2.45, 2.75) is 94.5 Å². The summed E-state index contributed by atoms with van der Waals surface area (Å²) in [4.78, 5) is 93.9. The number of hydrogen-bond acceptors (Lipinski definition) is 22. The topological polar surface area (TPSA) is 351 Å². The van der Waals surface area contributed by atoms with Crippen LogP contribution in [0.5, 0.6) is 0 Å². The maximum absolute atomic E-state index is 11.5. The number of nitrogens with zero attached hydrogens (tertiary/aromatic N) is 6. The molecular weight excluding hydrogens is 640 g/mol. The largest absolute Gasteiger partial charge is 0.368 e. The Morgan fingerprint density at radius 2 is 0.956 bits per heavy atom. The van der Waals surface area contributed by atoms with E-state index in [4.69, 9.17) is 18.9 Å². The molecule has 0 amide bonds. The lowest BCUT2D eigenvalue weighted by molar-refractivity contribution is -0.810. The molecule has 2 aliphatic heterocycles. The van der Waals surface area contributed by atoms with Crippen molar-refractivity contribution in [3.8, 4) is 0 Å². The summed E-state index contributed by atoms with van der Waals surface area (Å²) in [6.07, 6.45) is -20.3. The average Bonchev–Trinajstić information content (AvgIpc) is 2.87. The maximum Gasteiger partial charge on any atom is 0.295 e. The highest BCUT2D eigenvalue weighted by molar-refractivity contribution is 4.97. The van der Waals surface area contributed by atoms with Crippen molar-refractivity contribution < 1.29 is 78.5 Å². The SMILES string of the molecule is C[C@@H]1O[C@@H](CO[N+](=O)[O-])C(OC2OC(CO[N+](=O)[O-])C(OC(C)(C)C)C(O[N+](=O)[O-])C2O[N+](=O)[O-])C(O[N+](=O)[O-])C1O[N+](=O)[O-]. The molecule has 0 aromatic rings. The highest BCUT2D eigenvalue weighted by Gasteiger charge is 2.57. The molecule has 2 aliphatic rings. The lowest BCUT2D eigenvalue weighted by Gasteiger charge is -2.48. The molecule has 2 fully saturated rings. The molecule has 0 aliphatic carbocycles. The van der Waals surface area contributed by atoms with Gasteiger partial charge in [0.25, 0.3) is 30.5 Å². The third kappa shape index (κ3) is 10.9. The summed E-state index contributed by atoms with van der Waals surface area (Å²) in [5.41, 5.74) is -1.23. The minimum absolute atomic E-state index is 1.08. The lowest BCUT2D eigenvalue weighted by Crippen LogP contribution is -2.67. The zero-order valence-electron chi connectivity index (χ0n) is 23.4. The quantitative estimate of drug-likeness (QED) is 0.130. The highest BCUT2D eigenvalue weighted by Crippen LogP contribution is 2.36.